The number of ether oxygens (including phenoxy) is 1. The molecule has 0 saturated heterocycles. The number of alkyl halides is 2. The van der Waals surface area contributed by atoms with Crippen molar-refractivity contribution in [2.24, 2.45) is 5.73 Å². The Hall–Kier alpha value is -1.94. The summed E-state index contributed by atoms with van der Waals surface area (Å²) < 4.78 is 29.6. The number of halogens is 2. The third kappa shape index (κ3) is 3.51. The van der Waals surface area contributed by atoms with Gasteiger partial charge in [0.25, 0.3) is 6.43 Å². The van der Waals surface area contributed by atoms with Crippen LogP contribution in [0.4, 0.5) is 8.78 Å². The second-order valence-electron chi connectivity index (χ2n) is 4.09. The standard InChI is InChI=1S/C15H15F2NO/c16-15(17)10-19-14-8-12(6-7-13(14)9-18)11-4-2-1-3-5-11/h1-8,15H,9-10,18H2. The molecule has 0 aliphatic rings. The van der Waals surface area contributed by atoms with E-state index in [0.29, 0.717) is 5.75 Å². The van der Waals surface area contributed by atoms with E-state index in [1.807, 2.05) is 42.5 Å². The Morgan fingerprint density at radius 1 is 1.00 bits per heavy atom. The Kier molecular flexibility index (Phi) is 4.47. The van der Waals surface area contributed by atoms with Crippen molar-refractivity contribution >= 4 is 0 Å². The molecule has 0 saturated carbocycles. The molecule has 0 spiro atoms. The van der Waals surface area contributed by atoms with Gasteiger partial charge in [0.05, 0.1) is 0 Å². The van der Waals surface area contributed by atoms with Gasteiger partial charge in [0.15, 0.2) is 0 Å². The zero-order chi connectivity index (χ0) is 13.7. The Morgan fingerprint density at radius 3 is 2.37 bits per heavy atom. The van der Waals surface area contributed by atoms with Crippen LogP contribution in [-0.4, -0.2) is 13.0 Å². The van der Waals surface area contributed by atoms with Gasteiger partial charge in [0.2, 0.25) is 0 Å². The molecule has 0 bridgehead atoms. The van der Waals surface area contributed by atoms with Crippen molar-refractivity contribution in [3.63, 3.8) is 0 Å². The summed E-state index contributed by atoms with van der Waals surface area (Å²) in [6.07, 6.45) is -2.49. The van der Waals surface area contributed by atoms with Gasteiger partial charge in [0, 0.05) is 12.1 Å². The SMILES string of the molecule is NCc1ccc(-c2ccccc2)cc1OCC(F)F. The monoisotopic (exact) mass is 263 g/mol. The minimum atomic E-state index is -2.49. The molecule has 0 aliphatic heterocycles. The van der Waals surface area contributed by atoms with Crippen molar-refractivity contribution in [1.82, 2.24) is 0 Å². The summed E-state index contributed by atoms with van der Waals surface area (Å²) in [6.45, 7) is -0.362. The average molecular weight is 263 g/mol. The fraction of sp³-hybridized carbons (Fsp3) is 0.200. The number of hydrogen-bond donors (Lipinski definition) is 1. The lowest BCUT2D eigenvalue weighted by atomic mass is 10.0. The summed E-state index contributed by atoms with van der Waals surface area (Å²) in [6, 6.07) is 15.1. The molecule has 0 atom stereocenters. The summed E-state index contributed by atoms with van der Waals surface area (Å²) in [4.78, 5) is 0. The highest BCUT2D eigenvalue weighted by Gasteiger charge is 2.09. The molecule has 0 aliphatic carbocycles. The summed E-state index contributed by atoms with van der Waals surface area (Å²) in [5.74, 6) is 0.421. The smallest absolute Gasteiger partial charge is 0.272 e. The Balaban J connectivity index is 2.30. The maximum absolute atomic E-state index is 12.2. The first kappa shape index (κ1) is 13.5. The average Bonchev–Trinajstić information content (AvgIpc) is 2.45. The number of nitrogens with two attached hydrogens (primary N) is 1. The first-order valence-corrected chi connectivity index (χ1v) is 6.00. The number of rotatable bonds is 5. The Morgan fingerprint density at radius 2 is 1.74 bits per heavy atom. The van der Waals surface area contributed by atoms with Crippen LogP contribution in [0.5, 0.6) is 5.75 Å². The second-order valence-corrected chi connectivity index (χ2v) is 4.09. The topological polar surface area (TPSA) is 35.2 Å². The van der Waals surface area contributed by atoms with Crippen LogP contribution in [0, 0.1) is 0 Å². The summed E-state index contributed by atoms with van der Waals surface area (Å²) in [5, 5.41) is 0. The number of hydrogen-bond acceptors (Lipinski definition) is 2. The van der Waals surface area contributed by atoms with Crippen molar-refractivity contribution in [1.29, 1.82) is 0 Å². The van der Waals surface area contributed by atoms with Crippen LogP contribution >= 0.6 is 0 Å². The maximum atomic E-state index is 12.2. The zero-order valence-corrected chi connectivity index (χ0v) is 10.4. The van der Waals surface area contributed by atoms with Gasteiger partial charge in [-0.3, -0.25) is 0 Å². The van der Waals surface area contributed by atoms with Gasteiger partial charge in [-0.2, -0.15) is 0 Å². The molecule has 0 unspecified atom stereocenters. The molecule has 0 aromatic heterocycles. The van der Waals surface area contributed by atoms with E-state index in [4.69, 9.17) is 10.5 Å². The molecule has 0 fully saturated rings. The molecule has 2 N–H and O–H groups in total. The molecular weight excluding hydrogens is 248 g/mol. The maximum Gasteiger partial charge on any atom is 0.272 e. The van der Waals surface area contributed by atoms with Crippen LogP contribution in [0.15, 0.2) is 48.5 Å². The normalized spacial score (nSPS) is 10.7. The lowest BCUT2D eigenvalue weighted by Gasteiger charge is -2.12. The van der Waals surface area contributed by atoms with Gasteiger partial charge < -0.3 is 10.5 Å². The highest BCUT2D eigenvalue weighted by Crippen LogP contribution is 2.27. The molecule has 2 rings (SSSR count). The minimum absolute atomic E-state index is 0.258. The van der Waals surface area contributed by atoms with Crippen molar-refractivity contribution in [3.8, 4) is 16.9 Å². The first-order chi connectivity index (χ1) is 9.20. The van der Waals surface area contributed by atoms with Gasteiger partial charge >= 0.3 is 0 Å². The highest BCUT2D eigenvalue weighted by molar-refractivity contribution is 5.66. The summed E-state index contributed by atoms with van der Waals surface area (Å²) in [7, 11) is 0. The van der Waals surface area contributed by atoms with E-state index in [1.165, 1.54) is 0 Å². The molecule has 4 heteroatoms. The van der Waals surface area contributed by atoms with E-state index in [0.717, 1.165) is 16.7 Å². The molecule has 2 aromatic rings. The molecule has 19 heavy (non-hydrogen) atoms. The van der Waals surface area contributed by atoms with Gasteiger partial charge in [0.1, 0.15) is 12.4 Å². The van der Waals surface area contributed by atoms with E-state index in [-0.39, 0.29) is 6.54 Å². The number of benzene rings is 2. The van der Waals surface area contributed by atoms with Gasteiger partial charge in [-0.15, -0.1) is 0 Å². The highest BCUT2D eigenvalue weighted by atomic mass is 19.3. The molecular formula is C15H15F2NO. The predicted octanol–water partition coefficient (Wildman–Crippen LogP) is 3.46. The van der Waals surface area contributed by atoms with Crippen molar-refractivity contribution in [3.05, 3.63) is 54.1 Å². The van der Waals surface area contributed by atoms with Crippen molar-refractivity contribution in [2.75, 3.05) is 6.61 Å². The van der Waals surface area contributed by atoms with Gasteiger partial charge in [-0.05, 0) is 17.2 Å². The minimum Gasteiger partial charge on any atom is -0.487 e. The Labute approximate surface area is 110 Å². The van der Waals surface area contributed by atoms with Crippen LogP contribution in [0.25, 0.3) is 11.1 Å². The van der Waals surface area contributed by atoms with E-state index < -0.39 is 13.0 Å². The van der Waals surface area contributed by atoms with Crippen LogP contribution in [0.1, 0.15) is 5.56 Å². The van der Waals surface area contributed by atoms with Gasteiger partial charge in [-0.1, -0.05) is 42.5 Å². The fourth-order valence-electron chi connectivity index (χ4n) is 1.82. The first-order valence-electron chi connectivity index (χ1n) is 6.00. The third-order valence-corrected chi connectivity index (χ3v) is 2.76. The third-order valence-electron chi connectivity index (χ3n) is 2.76. The van der Waals surface area contributed by atoms with Crippen molar-refractivity contribution in [2.45, 2.75) is 13.0 Å². The van der Waals surface area contributed by atoms with E-state index >= 15 is 0 Å². The quantitative estimate of drug-likeness (QED) is 0.896. The summed E-state index contributed by atoms with van der Waals surface area (Å²) in [5.41, 5.74) is 8.23. The largest absolute Gasteiger partial charge is 0.487 e. The van der Waals surface area contributed by atoms with Crippen LogP contribution in [0.2, 0.25) is 0 Å². The lowest BCUT2D eigenvalue weighted by molar-refractivity contribution is 0.0814. The van der Waals surface area contributed by atoms with E-state index in [2.05, 4.69) is 0 Å². The molecule has 2 aromatic carbocycles. The van der Waals surface area contributed by atoms with Gasteiger partial charge in [-0.25, -0.2) is 8.78 Å². The fourth-order valence-corrected chi connectivity index (χ4v) is 1.82. The molecule has 0 radical (unpaired) electrons. The van der Waals surface area contributed by atoms with Crippen LogP contribution in [0.3, 0.4) is 0 Å². The molecule has 0 amide bonds. The Bertz CT molecular complexity index is 529. The summed E-state index contributed by atoms with van der Waals surface area (Å²) >= 11 is 0. The van der Waals surface area contributed by atoms with E-state index in [9.17, 15) is 8.78 Å². The van der Waals surface area contributed by atoms with Crippen LogP contribution < -0.4 is 10.5 Å². The van der Waals surface area contributed by atoms with Crippen LogP contribution in [-0.2, 0) is 6.54 Å². The molecule has 0 heterocycles. The van der Waals surface area contributed by atoms with E-state index in [1.54, 1.807) is 6.07 Å². The van der Waals surface area contributed by atoms with Crippen molar-refractivity contribution < 1.29 is 13.5 Å². The second kappa shape index (κ2) is 6.29. The lowest BCUT2D eigenvalue weighted by Crippen LogP contribution is -2.09. The predicted molar refractivity (Wildman–Crippen MR) is 71.3 cm³/mol. The molecule has 100 valence electrons. The molecule has 2 nitrogen and oxygen atoms in total. The zero-order valence-electron chi connectivity index (χ0n) is 10.4.